The quantitative estimate of drug-likeness (QED) is 0.580. The van der Waals surface area contributed by atoms with E-state index < -0.39 is 6.10 Å². The summed E-state index contributed by atoms with van der Waals surface area (Å²) < 4.78 is 27.6. The van der Waals surface area contributed by atoms with Crippen molar-refractivity contribution in [2.45, 2.75) is 17.9 Å². The Morgan fingerprint density at radius 2 is 1.16 bits per heavy atom. The van der Waals surface area contributed by atoms with Crippen LogP contribution in [0.25, 0.3) is 0 Å². The smallest absolute Gasteiger partial charge is 0.126 e. The van der Waals surface area contributed by atoms with Crippen molar-refractivity contribution in [3.63, 3.8) is 0 Å². The molecule has 0 saturated carbocycles. The topological polar surface area (TPSA) is 66.4 Å². The van der Waals surface area contributed by atoms with Gasteiger partial charge in [-0.15, -0.1) is 0 Å². The Balaban J connectivity index is 1.95. The fourth-order valence-electron chi connectivity index (χ4n) is 4.62. The number of methoxy groups -OCH3 is 5. The molecular weight excluding hydrogens is 408 g/mol. The predicted molar refractivity (Wildman–Crippen MR) is 122 cm³/mol. The predicted octanol–water partition coefficient (Wildman–Crippen LogP) is 4.69. The molecule has 0 bridgehead atoms. The summed E-state index contributed by atoms with van der Waals surface area (Å²) in [6.45, 7) is 0. The fourth-order valence-corrected chi connectivity index (χ4v) is 4.62. The van der Waals surface area contributed by atoms with Crippen LogP contribution in [0, 0.1) is 0 Å². The standard InChI is InChI=1S/C26H28O6/c1-28-17-8-6-15(7-9-17)23-24(16-10-18(29-2)12-19(11-16)30-3)26(27)21-13-20(31-4)14-22(32-5)25(21)23/h6-14,23-24,26-27H,1-5H3/t23-,24?,26-/m1/s1. The number of aliphatic hydroxyl groups is 1. The molecule has 1 unspecified atom stereocenters. The molecule has 0 heterocycles. The largest absolute Gasteiger partial charge is 0.497 e. The summed E-state index contributed by atoms with van der Waals surface area (Å²) >= 11 is 0. The molecule has 0 aliphatic heterocycles. The van der Waals surface area contributed by atoms with E-state index in [1.54, 1.807) is 35.5 Å². The van der Waals surface area contributed by atoms with Crippen molar-refractivity contribution in [1.29, 1.82) is 0 Å². The minimum atomic E-state index is -0.780. The molecule has 0 radical (unpaired) electrons. The van der Waals surface area contributed by atoms with Crippen LogP contribution in [0.4, 0.5) is 0 Å². The molecule has 32 heavy (non-hydrogen) atoms. The van der Waals surface area contributed by atoms with Crippen LogP contribution < -0.4 is 23.7 Å². The molecule has 168 valence electrons. The van der Waals surface area contributed by atoms with Crippen LogP contribution in [0.15, 0.2) is 54.6 Å². The zero-order valence-corrected chi connectivity index (χ0v) is 18.9. The number of hydrogen-bond donors (Lipinski definition) is 1. The van der Waals surface area contributed by atoms with Crippen molar-refractivity contribution < 1.29 is 28.8 Å². The summed E-state index contributed by atoms with van der Waals surface area (Å²) in [4.78, 5) is 0. The summed E-state index contributed by atoms with van der Waals surface area (Å²) in [6, 6.07) is 17.4. The van der Waals surface area contributed by atoms with E-state index in [1.807, 2.05) is 54.6 Å². The Hall–Kier alpha value is -3.38. The molecule has 4 rings (SSSR count). The Bertz CT molecular complexity index is 1070. The number of rotatable bonds is 7. The van der Waals surface area contributed by atoms with E-state index >= 15 is 0 Å². The summed E-state index contributed by atoms with van der Waals surface area (Å²) in [5.74, 6) is 2.97. The molecular formula is C26H28O6. The van der Waals surface area contributed by atoms with Gasteiger partial charge in [-0.2, -0.15) is 0 Å². The second-order valence-electron chi connectivity index (χ2n) is 7.70. The van der Waals surface area contributed by atoms with Gasteiger partial charge in [-0.3, -0.25) is 0 Å². The molecule has 0 aromatic heterocycles. The van der Waals surface area contributed by atoms with Crippen LogP contribution in [-0.4, -0.2) is 40.7 Å². The first-order valence-electron chi connectivity index (χ1n) is 10.3. The maximum atomic E-state index is 11.6. The first-order valence-corrected chi connectivity index (χ1v) is 10.3. The lowest BCUT2D eigenvalue weighted by molar-refractivity contribution is 0.152. The summed E-state index contributed by atoms with van der Waals surface area (Å²) in [6.07, 6.45) is -0.780. The van der Waals surface area contributed by atoms with Gasteiger partial charge in [0.2, 0.25) is 0 Å². The third-order valence-corrected chi connectivity index (χ3v) is 6.17. The van der Waals surface area contributed by atoms with Crippen molar-refractivity contribution in [2.75, 3.05) is 35.5 Å². The van der Waals surface area contributed by atoms with Gasteiger partial charge in [-0.1, -0.05) is 12.1 Å². The molecule has 1 aliphatic rings. The third kappa shape index (κ3) is 3.71. The van der Waals surface area contributed by atoms with E-state index in [0.717, 1.165) is 28.0 Å². The number of benzene rings is 3. The zero-order valence-electron chi connectivity index (χ0n) is 18.9. The van der Waals surface area contributed by atoms with Crippen LogP contribution in [0.3, 0.4) is 0 Å². The number of aliphatic hydroxyl groups excluding tert-OH is 1. The molecule has 1 aliphatic carbocycles. The molecule has 0 fully saturated rings. The molecule has 0 spiro atoms. The molecule has 0 amide bonds. The molecule has 0 saturated heterocycles. The number of ether oxygens (including phenoxy) is 5. The van der Waals surface area contributed by atoms with Gasteiger partial charge in [0.15, 0.2) is 0 Å². The Morgan fingerprint density at radius 3 is 1.69 bits per heavy atom. The Labute approximate surface area is 188 Å². The highest BCUT2D eigenvalue weighted by Gasteiger charge is 2.44. The maximum Gasteiger partial charge on any atom is 0.126 e. The summed E-state index contributed by atoms with van der Waals surface area (Å²) in [5, 5.41) is 11.6. The van der Waals surface area contributed by atoms with Crippen molar-refractivity contribution >= 4 is 0 Å². The van der Waals surface area contributed by atoms with E-state index in [0.29, 0.717) is 23.0 Å². The second kappa shape index (κ2) is 9.01. The zero-order chi connectivity index (χ0) is 22.8. The highest BCUT2D eigenvalue weighted by Crippen LogP contribution is 2.58. The van der Waals surface area contributed by atoms with Gasteiger partial charge in [0.05, 0.1) is 41.7 Å². The van der Waals surface area contributed by atoms with Crippen LogP contribution in [0.1, 0.15) is 40.2 Å². The number of hydrogen-bond acceptors (Lipinski definition) is 6. The van der Waals surface area contributed by atoms with Gasteiger partial charge < -0.3 is 28.8 Å². The molecule has 3 aromatic rings. The molecule has 3 atom stereocenters. The Kier molecular flexibility index (Phi) is 6.15. The normalized spacial score (nSPS) is 19.2. The lowest BCUT2D eigenvalue weighted by atomic mass is 9.80. The highest BCUT2D eigenvalue weighted by molar-refractivity contribution is 5.60. The molecule has 1 N–H and O–H groups in total. The average molecular weight is 437 g/mol. The van der Waals surface area contributed by atoms with E-state index in [1.165, 1.54) is 0 Å². The van der Waals surface area contributed by atoms with Gasteiger partial charge in [0, 0.05) is 29.5 Å². The lowest BCUT2D eigenvalue weighted by Gasteiger charge is -2.25. The van der Waals surface area contributed by atoms with Crippen LogP contribution >= 0.6 is 0 Å². The van der Waals surface area contributed by atoms with Gasteiger partial charge >= 0.3 is 0 Å². The van der Waals surface area contributed by atoms with Gasteiger partial charge in [0.1, 0.15) is 28.7 Å². The van der Waals surface area contributed by atoms with E-state index in [-0.39, 0.29) is 11.8 Å². The van der Waals surface area contributed by atoms with Crippen LogP contribution in [0.5, 0.6) is 28.7 Å². The van der Waals surface area contributed by atoms with Gasteiger partial charge in [0.25, 0.3) is 0 Å². The minimum Gasteiger partial charge on any atom is -0.497 e. The monoisotopic (exact) mass is 436 g/mol. The van der Waals surface area contributed by atoms with Gasteiger partial charge in [-0.25, -0.2) is 0 Å². The minimum absolute atomic E-state index is 0.163. The number of fused-ring (bicyclic) bond motifs is 1. The highest BCUT2D eigenvalue weighted by atomic mass is 16.5. The van der Waals surface area contributed by atoms with Crippen LogP contribution in [0.2, 0.25) is 0 Å². The molecule has 6 nitrogen and oxygen atoms in total. The molecule has 6 heteroatoms. The van der Waals surface area contributed by atoms with Crippen molar-refractivity contribution in [2.24, 2.45) is 0 Å². The summed E-state index contributed by atoms with van der Waals surface area (Å²) in [7, 11) is 8.12. The average Bonchev–Trinajstić information content (AvgIpc) is 3.15. The first kappa shape index (κ1) is 21.8. The molecule has 3 aromatic carbocycles. The third-order valence-electron chi connectivity index (χ3n) is 6.17. The van der Waals surface area contributed by atoms with Crippen molar-refractivity contribution in [3.8, 4) is 28.7 Å². The van der Waals surface area contributed by atoms with E-state index in [9.17, 15) is 5.11 Å². The van der Waals surface area contributed by atoms with Crippen LogP contribution in [-0.2, 0) is 0 Å². The van der Waals surface area contributed by atoms with E-state index in [4.69, 9.17) is 23.7 Å². The maximum absolute atomic E-state index is 11.6. The Morgan fingerprint density at radius 1 is 0.594 bits per heavy atom. The second-order valence-corrected chi connectivity index (χ2v) is 7.70. The fraction of sp³-hybridized carbons (Fsp3) is 0.308. The van der Waals surface area contributed by atoms with Crippen molar-refractivity contribution in [3.05, 3.63) is 76.9 Å². The summed E-state index contributed by atoms with van der Waals surface area (Å²) in [5.41, 5.74) is 3.68. The lowest BCUT2D eigenvalue weighted by Crippen LogP contribution is -2.12. The van der Waals surface area contributed by atoms with Crippen molar-refractivity contribution in [1.82, 2.24) is 0 Å². The first-order chi connectivity index (χ1) is 15.5. The van der Waals surface area contributed by atoms with E-state index in [2.05, 4.69) is 0 Å². The van der Waals surface area contributed by atoms with Gasteiger partial charge in [-0.05, 0) is 47.0 Å². The SMILES string of the molecule is COc1ccc([C@H]2c3c(OC)cc(OC)cc3[C@@H](O)C2c2cc(OC)cc(OC)c2)cc1.